The van der Waals surface area contributed by atoms with E-state index in [0.717, 1.165) is 5.69 Å². The van der Waals surface area contributed by atoms with Crippen molar-refractivity contribution >= 4 is 21.6 Å². The van der Waals surface area contributed by atoms with Crippen molar-refractivity contribution in [2.45, 2.75) is 44.6 Å². The predicted octanol–water partition coefficient (Wildman–Crippen LogP) is 3.23. The number of hydrogen-bond acceptors (Lipinski definition) is 7. The Bertz CT molecular complexity index is 1220. The molecule has 2 aromatic heterocycles. The Morgan fingerprint density at radius 3 is 2.61 bits per heavy atom. The van der Waals surface area contributed by atoms with Gasteiger partial charge in [0, 0.05) is 31.4 Å². The molecular formula is C21H23N5O4S. The number of aryl methyl sites for hydroxylation is 2. The van der Waals surface area contributed by atoms with Crippen LogP contribution in [0.25, 0.3) is 11.3 Å². The molecule has 1 saturated heterocycles. The molecule has 1 atom stereocenters. The molecule has 0 saturated carbocycles. The molecule has 31 heavy (non-hydrogen) atoms. The van der Waals surface area contributed by atoms with Gasteiger partial charge in [0.2, 0.25) is 15.9 Å². The van der Waals surface area contributed by atoms with Gasteiger partial charge in [-0.15, -0.1) is 0 Å². The van der Waals surface area contributed by atoms with Gasteiger partial charge >= 0.3 is 0 Å². The van der Waals surface area contributed by atoms with E-state index in [4.69, 9.17) is 4.52 Å². The van der Waals surface area contributed by atoms with Crippen LogP contribution in [0, 0.1) is 13.8 Å². The molecule has 3 aromatic rings. The lowest BCUT2D eigenvalue weighted by Gasteiger charge is -2.25. The molecule has 9 nitrogen and oxygen atoms in total. The van der Waals surface area contributed by atoms with Gasteiger partial charge in [0.15, 0.2) is 5.76 Å². The summed E-state index contributed by atoms with van der Waals surface area (Å²) in [5.41, 5.74) is 2.51. The van der Waals surface area contributed by atoms with E-state index in [0.29, 0.717) is 47.9 Å². The largest absolute Gasteiger partial charge is 0.356 e. The SMILES string of the molecule is CC(=O)Nc1ccc(S(=O)(=O)N2CCC[C@@H]2c2nc(C)ncc2-c2cc(C)no2)cc1. The monoisotopic (exact) mass is 441 g/mol. The minimum absolute atomic E-state index is 0.163. The summed E-state index contributed by atoms with van der Waals surface area (Å²) in [6.07, 6.45) is 3.01. The Morgan fingerprint density at radius 2 is 1.97 bits per heavy atom. The number of aromatic nitrogens is 3. The Labute approximate surface area is 180 Å². The predicted molar refractivity (Wildman–Crippen MR) is 114 cm³/mol. The van der Waals surface area contributed by atoms with E-state index in [1.54, 1.807) is 31.3 Å². The third kappa shape index (κ3) is 4.21. The average Bonchev–Trinajstić information content (AvgIpc) is 3.37. The summed E-state index contributed by atoms with van der Waals surface area (Å²) in [6.45, 7) is 5.38. The van der Waals surface area contributed by atoms with Crippen LogP contribution in [-0.4, -0.2) is 40.3 Å². The minimum Gasteiger partial charge on any atom is -0.356 e. The molecule has 0 bridgehead atoms. The Hall–Kier alpha value is -3.11. The first-order valence-corrected chi connectivity index (χ1v) is 11.4. The van der Waals surface area contributed by atoms with Crippen LogP contribution < -0.4 is 5.32 Å². The number of anilines is 1. The van der Waals surface area contributed by atoms with E-state index in [-0.39, 0.29) is 10.8 Å². The van der Waals surface area contributed by atoms with Gasteiger partial charge in [0.05, 0.1) is 27.9 Å². The van der Waals surface area contributed by atoms with Crippen molar-refractivity contribution in [3.63, 3.8) is 0 Å². The second kappa shape index (κ2) is 8.20. The summed E-state index contributed by atoms with van der Waals surface area (Å²) in [5, 5.41) is 6.58. The molecule has 10 heteroatoms. The molecule has 0 unspecified atom stereocenters. The fraction of sp³-hybridized carbons (Fsp3) is 0.333. The molecular weight excluding hydrogens is 418 g/mol. The molecule has 3 heterocycles. The molecule has 1 amide bonds. The quantitative estimate of drug-likeness (QED) is 0.646. The molecule has 0 spiro atoms. The van der Waals surface area contributed by atoms with Crippen LogP contribution >= 0.6 is 0 Å². The number of nitrogens with zero attached hydrogens (tertiary/aromatic N) is 4. The van der Waals surface area contributed by atoms with E-state index < -0.39 is 16.1 Å². The highest BCUT2D eigenvalue weighted by atomic mass is 32.2. The molecule has 1 N–H and O–H groups in total. The van der Waals surface area contributed by atoms with Crippen LogP contribution in [0.2, 0.25) is 0 Å². The zero-order valence-electron chi connectivity index (χ0n) is 17.5. The number of rotatable bonds is 5. The van der Waals surface area contributed by atoms with Crippen molar-refractivity contribution in [3.8, 4) is 11.3 Å². The molecule has 1 aromatic carbocycles. The van der Waals surface area contributed by atoms with Crippen molar-refractivity contribution in [3.05, 3.63) is 53.7 Å². The fourth-order valence-corrected chi connectivity index (χ4v) is 5.43. The molecule has 1 aliphatic rings. The minimum atomic E-state index is -3.77. The first-order chi connectivity index (χ1) is 14.8. The van der Waals surface area contributed by atoms with Gasteiger partial charge in [-0.2, -0.15) is 4.31 Å². The maximum absolute atomic E-state index is 13.4. The summed E-state index contributed by atoms with van der Waals surface area (Å²) in [4.78, 5) is 20.3. The third-order valence-corrected chi connectivity index (χ3v) is 7.06. The Kier molecular flexibility index (Phi) is 5.59. The van der Waals surface area contributed by atoms with Gasteiger partial charge in [0.25, 0.3) is 0 Å². The van der Waals surface area contributed by atoms with Gasteiger partial charge in [-0.3, -0.25) is 4.79 Å². The van der Waals surface area contributed by atoms with Crippen molar-refractivity contribution in [1.82, 2.24) is 19.4 Å². The molecule has 0 aliphatic carbocycles. The zero-order chi connectivity index (χ0) is 22.2. The smallest absolute Gasteiger partial charge is 0.243 e. The van der Waals surface area contributed by atoms with Crippen LogP contribution in [0.3, 0.4) is 0 Å². The molecule has 0 radical (unpaired) electrons. The number of carbonyl (C=O) groups excluding carboxylic acids is 1. The lowest BCUT2D eigenvalue weighted by Crippen LogP contribution is -2.31. The van der Waals surface area contributed by atoms with Crippen molar-refractivity contribution in [1.29, 1.82) is 0 Å². The van der Waals surface area contributed by atoms with E-state index >= 15 is 0 Å². The Morgan fingerprint density at radius 1 is 1.23 bits per heavy atom. The summed E-state index contributed by atoms with van der Waals surface area (Å²) < 4.78 is 33.8. The third-order valence-electron chi connectivity index (χ3n) is 5.13. The van der Waals surface area contributed by atoms with E-state index in [2.05, 4.69) is 20.4 Å². The lowest BCUT2D eigenvalue weighted by atomic mass is 10.0. The summed E-state index contributed by atoms with van der Waals surface area (Å²) in [6, 6.07) is 7.51. The maximum atomic E-state index is 13.4. The van der Waals surface area contributed by atoms with E-state index in [1.807, 2.05) is 6.92 Å². The number of benzene rings is 1. The van der Waals surface area contributed by atoms with Crippen LogP contribution in [0.4, 0.5) is 5.69 Å². The lowest BCUT2D eigenvalue weighted by molar-refractivity contribution is -0.114. The number of sulfonamides is 1. The van der Waals surface area contributed by atoms with Gasteiger partial charge < -0.3 is 9.84 Å². The van der Waals surface area contributed by atoms with Crippen molar-refractivity contribution in [2.24, 2.45) is 0 Å². The normalized spacial score (nSPS) is 17.1. The molecule has 162 valence electrons. The molecule has 4 rings (SSSR count). The van der Waals surface area contributed by atoms with E-state index in [9.17, 15) is 13.2 Å². The summed E-state index contributed by atoms with van der Waals surface area (Å²) in [7, 11) is -3.77. The number of amides is 1. The topological polar surface area (TPSA) is 118 Å². The van der Waals surface area contributed by atoms with Crippen LogP contribution in [-0.2, 0) is 14.8 Å². The van der Waals surface area contributed by atoms with Gasteiger partial charge in [0.1, 0.15) is 5.82 Å². The number of carbonyl (C=O) groups is 1. The second-order valence-electron chi connectivity index (χ2n) is 7.53. The fourth-order valence-electron chi connectivity index (χ4n) is 3.77. The summed E-state index contributed by atoms with van der Waals surface area (Å²) in [5.74, 6) is 0.847. The van der Waals surface area contributed by atoms with E-state index in [1.165, 1.54) is 23.4 Å². The van der Waals surface area contributed by atoms with Gasteiger partial charge in [-0.1, -0.05) is 5.16 Å². The standard InChI is InChI=1S/C21H23N5O4S/c1-13-11-20(30-25-13)18-12-22-14(2)23-21(18)19-5-4-10-26(19)31(28,29)17-8-6-16(7-9-17)24-15(3)27/h6-9,11-12,19H,4-5,10H2,1-3H3,(H,24,27)/t19-/m1/s1. The van der Waals surface area contributed by atoms with Crippen LogP contribution in [0.15, 0.2) is 45.9 Å². The van der Waals surface area contributed by atoms with Crippen LogP contribution in [0.5, 0.6) is 0 Å². The van der Waals surface area contributed by atoms with Crippen molar-refractivity contribution in [2.75, 3.05) is 11.9 Å². The highest BCUT2D eigenvalue weighted by Crippen LogP contribution is 2.39. The first kappa shape index (κ1) is 21.1. The first-order valence-electron chi connectivity index (χ1n) is 9.92. The van der Waals surface area contributed by atoms with Crippen LogP contribution in [0.1, 0.15) is 43.0 Å². The molecule has 1 fully saturated rings. The number of nitrogens with one attached hydrogen (secondary N) is 1. The van der Waals surface area contributed by atoms with Gasteiger partial charge in [-0.05, 0) is 51.0 Å². The zero-order valence-corrected chi connectivity index (χ0v) is 18.3. The second-order valence-corrected chi connectivity index (χ2v) is 9.42. The highest BCUT2D eigenvalue weighted by Gasteiger charge is 2.38. The maximum Gasteiger partial charge on any atom is 0.243 e. The highest BCUT2D eigenvalue weighted by molar-refractivity contribution is 7.89. The average molecular weight is 442 g/mol. The van der Waals surface area contributed by atoms with Crippen molar-refractivity contribution < 1.29 is 17.7 Å². The summed E-state index contributed by atoms with van der Waals surface area (Å²) >= 11 is 0. The molecule has 1 aliphatic heterocycles. The number of hydrogen-bond donors (Lipinski definition) is 1. The van der Waals surface area contributed by atoms with Gasteiger partial charge in [-0.25, -0.2) is 18.4 Å². The Balaban J connectivity index is 1.71.